The van der Waals surface area contributed by atoms with E-state index in [0.717, 1.165) is 34.7 Å². The van der Waals surface area contributed by atoms with Crippen LogP contribution in [-0.2, 0) is 6.54 Å². The molecular formula is C15H17N5O. The van der Waals surface area contributed by atoms with Gasteiger partial charge in [-0.1, -0.05) is 17.3 Å². The Morgan fingerprint density at radius 2 is 2.00 bits per heavy atom. The largest absolute Gasteiger partial charge is 0.364 e. The van der Waals surface area contributed by atoms with Crippen molar-refractivity contribution in [3.05, 3.63) is 41.8 Å². The second-order valence-corrected chi connectivity index (χ2v) is 4.73. The first-order valence-corrected chi connectivity index (χ1v) is 6.93. The van der Waals surface area contributed by atoms with Crippen LogP contribution in [0.4, 0.5) is 11.8 Å². The monoisotopic (exact) mass is 283 g/mol. The van der Waals surface area contributed by atoms with Gasteiger partial charge in [0.15, 0.2) is 0 Å². The minimum absolute atomic E-state index is 0.559. The summed E-state index contributed by atoms with van der Waals surface area (Å²) in [4.78, 5) is 9.01. The van der Waals surface area contributed by atoms with Crippen molar-refractivity contribution < 1.29 is 4.52 Å². The van der Waals surface area contributed by atoms with E-state index in [1.807, 2.05) is 44.2 Å². The van der Waals surface area contributed by atoms with E-state index in [1.54, 1.807) is 0 Å². The van der Waals surface area contributed by atoms with Crippen LogP contribution in [0.3, 0.4) is 0 Å². The number of anilines is 2. The molecule has 6 nitrogen and oxygen atoms in total. The van der Waals surface area contributed by atoms with Crippen LogP contribution in [0.5, 0.6) is 0 Å². The molecule has 6 heteroatoms. The summed E-state index contributed by atoms with van der Waals surface area (Å²) in [5.74, 6) is 2.21. The number of benzene rings is 1. The second kappa shape index (κ2) is 5.78. The van der Waals surface area contributed by atoms with E-state index >= 15 is 0 Å². The summed E-state index contributed by atoms with van der Waals surface area (Å²) in [5, 5.41) is 11.4. The molecule has 1 aromatic carbocycles. The van der Waals surface area contributed by atoms with E-state index < -0.39 is 0 Å². The summed E-state index contributed by atoms with van der Waals surface area (Å²) < 4.78 is 5.07. The van der Waals surface area contributed by atoms with E-state index in [9.17, 15) is 0 Å². The minimum atomic E-state index is 0.559. The molecule has 0 fully saturated rings. The van der Waals surface area contributed by atoms with Crippen molar-refractivity contribution in [3.8, 4) is 0 Å². The molecule has 0 atom stereocenters. The summed E-state index contributed by atoms with van der Waals surface area (Å²) >= 11 is 0. The number of para-hydroxylation sites is 1. The first-order valence-electron chi connectivity index (χ1n) is 6.93. The maximum absolute atomic E-state index is 5.07. The second-order valence-electron chi connectivity index (χ2n) is 4.73. The Kier molecular flexibility index (Phi) is 3.68. The molecular weight excluding hydrogens is 266 g/mol. The summed E-state index contributed by atoms with van der Waals surface area (Å²) in [6.45, 7) is 5.23. The van der Waals surface area contributed by atoms with Gasteiger partial charge in [-0.25, -0.2) is 4.98 Å². The topological polar surface area (TPSA) is 75.9 Å². The van der Waals surface area contributed by atoms with Gasteiger partial charge in [-0.2, -0.15) is 4.98 Å². The number of fused-ring (bicyclic) bond motifs is 1. The van der Waals surface area contributed by atoms with Gasteiger partial charge in [-0.3, -0.25) is 0 Å². The number of nitrogens with zero attached hydrogens (tertiary/aromatic N) is 3. The van der Waals surface area contributed by atoms with E-state index in [2.05, 4.69) is 25.8 Å². The summed E-state index contributed by atoms with van der Waals surface area (Å²) in [7, 11) is 0. The van der Waals surface area contributed by atoms with Crippen LogP contribution in [0, 0.1) is 6.92 Å². The number of rotatable bonds is 5. The molecule has 0 unspecified atom stereocenters. The first kappa shape index (κ1) is 13.4. The molecule has 0 radical (unpaired) electrons. The molecule has 0 saturated heterocycles. The van der Waals surface area contributed by atoms with Gasteiger partial charge >= 0.3 is 0 Å². The Hall–Kier alpha value is -2.63. The average molecular weight is 283 g/mol. The van der Waals surface area contributed by atoms with Crippen molar-refractivity contribution in [1.29, 1.82) is 0 Å². The molecule has 0 amide bonds. The Morgan fingerprint density at radius 1 is 1.14 bits per heavy atom. The highest BCUT2D eigenvalue weighted by Crippen LogP contribution is 2.22. The van der Waals surface area contributed by atoms with Crippen molar-refractivity contribution in [2.45, 2.75) is 20.4 Å². The SMILES string of the molecule is CCNc1nc(NCc2cc(C)on2)c2ccccc2n1. The fourth-order valence-corrected chi connectivity index (χ4v) is 2.12. The molecule has 0 saturated carbocycles. The molecule has 2 N–H and O–H groups in total. The summed E-state index contributed by atoms with van der Waals surface area (Å²) in [6, 6.07) is 9.83. The average Bonchev–Trinajstić information content (AvgIpc) is 2.91. The predicted molar refractivity (Wildman–Crippen MR) is 82.3 cm³/mol. The number of aryl methyl sites for hydroxylation is 1. The third kappa shape index (κ3) is 2.94. The lowest BCUT2D eigenvalue weighted by atomic mass is 10.2. The molecule has 0 aliphatic rings. The molecule has 0 aliphatic heterocycles. The Labute approximate surface area is 122 Å². The molecule has 2 heterocycles. The van der Waals surface area contributed by atoms with Crippen LogP contribution in [-0.4, -0.2) is 21.7 Å². The Balaban J connectivity index is 1.91. The van der Waals surface area contributed by atoms with Crippen LogP contribution in [0.1, 0.15) is 18.4 Å². The molecule has 3 aromatic rings. The summed E-state index contributed by atoms with van der Waals surface area (Å²) in [6.07, 6.45) is 0. The fraction of sp³-hybridized carbons (Fsp3) is 0.267. The van der Waals surface area contributed by atoms with E-state index in [1.165, 1.54) is 0 Å². The Morgan fingerprint density at radius 3 is 2.76 bits per heavy atom. The van der Waals surface area contributed by atoms with Gasteiger partial charge in [0.1, 0.15) is 17.3 Å². The molecule has 0 aliphatic carbocycles. The van der Waals surface area contributed by atoms with Gasteiger partial charge in [-0.05, 0) is 26.0 Å². The van der Waals surface area contributed by atoms with Crippen molar-refractivity contribution >= 4 is 22.7 Å². The van der Waals surface area contributed by atoms with Crippen LogP contribution < -0.4 is 10.6 Å². The van der Waals surface area contributed by atoms with Crippen LogP contribution in [0.25, 0.3) is 10.9 Å². The first-order chi connectivity index (χ1) is 10.3. The molecule has 108 valence electrons. The van der Waals surface area contributed by atoms with Crippen molar-refractivity contribution in [2.75, 3.05) is 17.2 Å². The van der Waals surface area contributed by atoms with Crippen LogP contribution in [0.15, 0.2) is 34.9 Å². The number of hydrogen-bond acceptors (Lipinski definition) is 6. The van der Waals surface area contributed by atoms with Gasteiger partial charge in [0.2, 0.25) is 5.95 Å². The number of hydrogen-bond donors (Lipinski definition) is 2. The maximum Gasteiger partial charge on any atom is 0.225 e. The van der Waals surface area contributed by atoms with Gasteiger partial charge < -0.3 is 15.2 Å². The predicted octanol–water partition coefficient (Wildman–Crippen LogP) is 2.97. The van der Waals surface area contributed by atoms with Gasteiger partial charge in [0, 0.05) is 18.0 Å². The zero-order valence-electron chi connectivity index (χ0n) is 12.1. The third-order valence-corrected chi connectivity index (χ3v) is 3.05. The maximum atomic E-state index is 5.07. The summed E-state index contributed by atoms with van der Waals surface area (Å²) in [5.41, 5.74) is 1.75. The van der Waals surface area contributed by atoms with Crippen molar-refractivity contribution in [2.24, 2.45) is 0 Å². The van der Waals surface area contributed by atoms with Crippen molar-refractivity contribution in [1.82, 2.24) is 15.1 Å². The van der Waals surface area contributed by atoms with Crippen LogP contribution in [0.2, 0.25) is 0 Å². The van der Waals surface area contributed by atoms with Crippen LogP contribution >= 0.6 is 0 Å². The molecule has 21 heavy (non-hydrogen) atoms. The highest BCUT2D eigenvalue weighted by molar-refractivity contribution is 5.89. The van der Waals surface area contributed by atoms with Gasteiger partial charge in [0.05, 0.1) is 12.1 Å². The van der Waals surface area contributed by atoms with Gasteiger partial charge in [-0.15, -0.1) is 0 Å². The zero-order valence-corrected chi connectivity index (χ0v) is 12.1. The molecule has 0 bridgehead atoms. The zero-order chi connectivity index (χ0) is 14.7. The third-order valence-electron chi connectivity index (χ3n) is 3.05. The van der Waals surface area contributed by atoms with Gasteiger partial charge in [0.25, 0.3) is 0 Å². The molecule has 0 spiro atoms. The smallest absolute Gasteiger partial charge is 0.225 e. The highest BCUT2D eigenvalue weighted by atomic mass is 16.5. The lowest BCUT2D eigenvalue weighted by Gasteiger charge is -2.10. The lowest BCUT2D eigenvalue weighted by molar-refractivity contribution is 0.391. The van der Waals surface area contributed by atoms with E-state index in [4.69, 9.17) is 4.52 Å². The Bertz CT molecular complexity index is 753. The van der Waals surface area contributed by atoms with E-state index in [-0.39, 0.29) is 0 Å². The fourth-order valence-electron chi connectivity index (χ4n) is 2.12. The molecule has 3 rings (SSSR count). The normalized spacial score (nSPS) is 10.8. The quantitative estimate of drug-likeness (QED) is 0.749. The minimum Gasteiger partial charge on any atom is -0.364 e. The molecule has 2 aromatic heterocycles. The van der Waals surface area contributed by atoms with Crippen molar-refractivity contribution in [3.63, 3.8) is 0 Å². The standard InChI is InChI=1S/C15H17N5O/c1-3-16-15-18-13-7-5-4-6-12(13)14(19-15)17-9-11-8-10(2)21-20-11/h4-8H,3,9H2,1-2H3,(H2,16,17,18,19). The van der Waals surface area contributed by atoms with E-state index in [0.29, 0.717) is 12.5 Å². The highest BCUT2D eigenvalue weighted by Gasteiger charge is 2.08. The number of aromatic nitrogens is 3. The number of nitrogens with one attached hydrogen (secondary N) is 2. The lowest BCUT2D eigenvalue weighted by Crippen LogP contribution is -2.07.